The van der Waals surface area contributed by atoms with E-state index in [1.54, 1.807) is 30.5 Å². The van der Waals surface area contributed by atoms with Crippen LogP contribution in [0.2, 0.25) is 0 Å². The van der Waals surface area contributed by atoms with Gasteiger partial charge in [-0.2, -0.15) is 0 Å². The van der Waals surface area contributed by atoms with Crippen molar-refractivity contribution in [3.63, 3.8) is 0 Å². The average Bonchev–Trinajstić information content (AvgIpc) is 2.69. The number of rotatable bonds is 6. The van der Waals surface area contributed by atoms with E-state index >= 15 is 0 Å². The van der Waals surface area contributed by atoms with Gasteiger partial charge in [-0.05, 0) is 56.9 Å². The molecule has 5 nitrogen and oxygen atoms in total. The summed E-state index contributed by atoms with van der Waals surface area (Å²) in [5.74, 6) is 0.343. The number of anilines is 1. The van der Waals surface area contributed by atoms with Crippen molar-refractivity contribution in [2.24, 2.45) is 5.41 Å². The fourth-order valence-electron chi connectivity index (χ4n) is 3.86. The fourth-order valence-corrected chi connectivity index (χ4v) is 3.86. The van der Waals surface area contributed by atoms with Gasteiger partial charge < -0.3 is 15.3 Å². The van der Waals surface area contributed by atoms with Crippen LogP contribution in [0.15, 0.2) is 42.6 Å². The summed E-state index contributed by atoms with van der Waals surface area (Å²) in [7, 11) is 0. The van der Waals surface area contributed by atoms with E-state index in [9.17, 15) is 14.3 Å². The van der Waals surface area contributed by atoms with Crippen LogP contribution in [0.5, 0.6) is 0 Å². The Kier molecular flexibility index (Phi) is 6.29. The molecule has 0 radical (unpaired) electrons. The summed E-state index contributed by atoms with van der Waals surface area (Å²) >= 11 is 0. The molecule has 1 aromatic carbocycles. The van der Waals surface area contributed by atoms with E-state index in [2.05, 4.69) is 15.2 Å². The number of halogens is 1. The first-order valence-electron chi connectivity index (χ1n) is 9.79. The molecule has 28 heavy (non-hydrogen) atoms. The minimum absolute atomic E-state index is 0.0225. The molecule has 0 unspecified atom stereocenters. The number of carbonyl (C=O) groups excluding carboxylic acids is 1. The number of pyridine rings is 1. The van der Waals surface area contributed by atoms with E-state index < -0.39 is 5.41 Å². The first-order chi connectivity index (χ1) is 13.4. The molecule has 1 fully saturated rings. The zero-order chi connectivity index (χ0) is 20.1. The summed E-state index contributed by atoms with van der Waals surface area (Å²) in [6, 6.07) is 10.3. The highest BCUT2D eigenvalue weighted by Gasteiger charge is 2.36. The molecular formula is C22H28FN3O2. The second-order valence-corrected chi connectivity index (χ2v) is 7.98. The predicted molar refractivity (Wildman–Crippen MR) is 108 cm³/mol. The molecule has 3 rings (SSSR count). The molecule has 1 atom stereocenters. The Morgan fingerprint density at radius 1 is 1.36 bits per heavy atom. The lowest BCUT2D eigenvalue weighted by Crippen LogP contribution is -2.47. The Bertz CT molecular complexity index is 827. The van der Waals surface area contributed by atoms with Crippen molar-refractivity contribution in [2.45, 2.75) is 39.2 Å². The summed E-state index contributed by atoms with van der Waals surface area (Å²) in [6.07, 6.45) is 3.80. The molecule has 1 aliphatic rings. The maximum Gasteiger partial charge on any atom is 0.251 e. The van der Waals surface area contributed by atoms with E-state index in [1.165, 1.54) is 6.07 Å². The number of piperidine rings is 1. The number of nitrogens with zero attached hydrogens (tertiary/aromatic N) is 2. The van der Waals surface area contributed by atoms with Crippen molar-refractivity contribution >= 4 is 11.7 Å². The van der Waals surface area contributed by atoms with Crippen LogP contribution >= 0.6 is 0 Å². The van der Waals surface area contributed by atoms with Crippen molar-refractivity contribution in [3.05, 3.63) is 59.5 Å². The van der Waals surface area contributed by atoms with Crippen molar-refractivity contribution < 1.29 is 14.3 Å². The Labute approximate surface area is 165 Å². The maximum absolute atomic E-state index is 14.2. The monoisotopic (exact) mass is 385 g/mol. The number of aromatic nitrogens is 1. The Morgan fingerprint density at radius 2 is 2.14 bits per heavy atom. The number of hydrogen-bond donors (Lipinski definition) is 2. The number of hydrogen-bond acceptors (Lipinski definition) is 4. The SMILES string of the molecule is CC(C)NC(=O)c1ccnc(N2CCC[C@@](CO)(Cc3ccccc3F)C2)c1. The summed E-state index contributed by atoms with van der Waals surface area (Å²) in [5.41, 5.74) is 0.752. The lowest BCUT2D eigenvalue weighted by molar-refractivity contribution is 0.0942. The third-order valence-corrected chi connectivity index (χ3v) is 5.27. The normalized spacial score (nSPS) is 19.7. The molecule has 1 aliphatic heterocycles. The highest BCUT2D eigenvalue weighted by atomic mass is 19.1. The van der Waals surface area contributed by atoms with Crippen LogP contribution in [0, 0.1) is 11.2 Å². The number of benzene rings is 1. The van der Waals surface area contributed by atoms with E-state index in [-0.39, 0.29) is 24.4 Å². The minimum Gasteiger partial charge on any atom is -0.396 e. The standard InChI is InChI=1S/C22H28FN3O2/c1-16(2)25-21(28)17-8-10-24-20(12-17)26-11-5-9-22(14-26,15-27)13-18-6-3-4-7-19(18)23/h3-4,6-8,10,12,16,27H,5,9,11,13-15H2,1-2H3,(H,25,28)/t22-/m1/s1. The van der Waals surface area contributed by atoms with Crippen LogP contribution in [0.4, 0.5) is 10.2 Å². The van der Waals surface area contributed by atoms with Gasteiger partial charge in [0, 0.05) is 36.3 Å². The molecule has 150 valence electrons. The Hall–Kier alpha value is -2.47. The number of amides is 1. The van der Waals surface area contributed by atoms with Crippen LogP contribution in [-0.4, -0.2) is 41.7 Å². The van der Waals surface area contributed by atoms with Gasteiger partial charge in [0.2, 0.25) is 0 Å². The van der Waals surface area contributed by atoms with Crippen molar-refractivity contribution in [3.8, 4) is 0 Å². The third-order valence-electron chi connectivity index (χ3n) is 5.27. The molecular weight excluding hydrogens is 357 g/mol. The Balaban J connectivity index is 1.80. The lowest BCUT2D eigenvalue weighted by Gasteiger charge is -2.42. The first kappa shape index (κ1) is 20.3. The maximum atomic E-state index is 14.2. The van der Waals surface area contributed by atoms with Gasteiger partial charge in [-0.3, -0.25) is 4.79 Å². The van der Waals surface area contributed by atoms with Gasteiger partial charge in [-0.1, -0.05) is 18.2 Å². The van der Waals surface area contributed by atoms with Gasteiger partial charge in [0.1, 0.15) is 11.6 Å². The summed E-state index contributed by atoms with van der Waals surface area (Å²) < 4.78 is 14.2. The molecule has 6 heteroatoms. The molecule has 2 N–H and O–H groups in total. The smallest absolute Gasteiger partial charge is 0.251 e. The van der Waals surface area contributed by atoms with Gasteiger partial charge in [-0.15, -0.1) is 0 Å². The largest absolute Gasteiger partial charge is 0.396 e. The topological polar surface area (TPSA) is 65.5 Å². The summed E-state index contributed by atoms with van der Waals surface area (Å²) in [5, 5.41) is 13.1. The third kappa shape index (κ3) is 4.68. The van der Waals surface area contributed by atoms with Crippen molar-refractivity contribution in [1.82, 2.24) is 10.3 Å². The Morgan fingerprint density at radius 3 is 2.86 bits per heavy atom. The van der Waals surface area contributed by atoms with Crippen LogP contribution in [0.3, 0.4) is 0 Å². The molecule has 0 bridgehead atoms. The van der Waals surface area contributed by atoms with Crippen LogP contribution in [-0.2, 0) is 6.42 Å². The molecule has 2 heterocycles. The van der Waals surface area contributed by atoms with E-state index in [0.717, 1.165) is 19.4 Å². The highest BCUT2D eigenvalue weighted by Crippen LogP contribution is 2.35. The quantitative estimate of drug-likeness (QED) is 0.802. The van der Waals surface area contributed by atoms with Gasteiger partial charge in [0.25, 0.3) is 5.91 Å². The van der Waals surface area contributed by atoms with Crippen LogP contribution in [0.1, 0.15) is 42.6 Å². The van der Waals surface area contributed by atoms with Crippen LogP contribution in [0.25, 0.3) is 0 Å². The van der Waals surface area contributed by atoms with Gasteiger partial charge >= 0.3 is 0 Å². The zero-order valence-electron chi connectivity index (χ0n) is 16.5. The van der Waals surface area contributed by atoms with Gasteiger partial charge in [-0.25, -0.2) is 9.37 Å². The van der Waals surface area contributed by atoms with Gasteiger partial charge in [0.05, 0.1) is 6.61 Å². The molecule has 1 aromatic heterocycles. The highest BCUT2D eigenvalue weighted by molar-refractivity contribution is 5.95. The first-order valence-corrected chi connectivity index (χ1v) is 9.79. The second kappa shape index (κ2) is 8.69. The second-order valence-electron chi connectivity index (χ2n) is 7.98. The summed E-state index contributed by atoms with van der Waals surface area (Å²) in [6.45, 7) is 5.18. The predicted octanol–water partition coefficient (Wildman–Crippen LogP) is 3.18. The molecule has 0 saturated carbocycles. The molecule has 1 amide bonds. The molecule has 1 saturated heterocycles. The number of aliphatic hydroxyl groups excluding tert-OH is 1. The van der Waals surface area contributed by atoms with Crippen molar-refractivity contribution in [1.29, 1.82) is 0 Å². The molecule has 0 spiro atoms. The average molecular weight is 385 g/mol. The minimum atomic E-state index is -0.432. The van der Waals surface area contributed by atoms with E-state index in [1.807, 2.05) is 19.9 Å². The fraction of sp³-hybridized carbons (Fsp3) is 0.455. The zero-order valence-corrected chi connectivity index (χ0v) is 16.5. The molecule has 2 aromatic rings. The van der Waals surface area contributed by atoms with E-state index in [0.29, 0.717) is 29.9 Å². The lowest BCUT2D eigenvalue weighted by atomic mass is 9.75. The van der Waals surface area contributed by atoms with E-state index in [4.69, 9.17) is 0 Å². The molecule has 0 aliphatic carbocycles. The van der Waals surface area contributed by atoms with Crippen molar-refractivity contribution in [2.75, 3.05) is 24.6 Å². The number of nitrogens with one attached hydrogen (secondary N) is 1. The van der Waals surface area contributed by atoms with Gasteiger partial charge in [0.15, 0.2) is 0 Å². The number of aliphatic hydroxyl groups is 1. The number of carbonyl (C=O) groups is 1. The summed E-state index contributed by atoms with van der Waals surface area (Å²) in [4.78, 5) is 18.8. The van der Waals surface area contributed by atoms with Crippen LogP contribution < -0.4 is 10.2 Å².